The van der Waals surface area contributed by atoms with Gasteiger partial charge in [-0.05, 0) is 36.6 Å². The summed E-state index contributed by atoms with van der Waals surface area (Å²) < 4.78 is 0. The summed E-state index contributed by atoms with van der Waals surface area (Å²) in [7, 11) is 0. The van der Waals surface area contributed by atoms with E-state index in [9.17, 15) is 4.79 Å². The molecule has 0 aliphatic heterocycles. The van der Waals surface area contributed by atoms with Gasteiger partial charge in [-0.1, -0.05) is 49.4 Å². The highest BCUT2D eigenvalue weighted by Crippen LogP contribution is 2.14. The van der Waals surface area contributed by atoms with Gasteiger partial charge in [0.25, 0.3) is 0 Å². The molecule has 0 aliphatic rings. The molecule has 0 bridgehead atoms. The Hall–Kier alpha value is -2.29. The van der Waals surface area contributed by atoms with Crippen LogP contribution in [-0.2, 0) is 6.42 Å². The van der Waals surface area contributed by atoms with Gasteiger partial charge in [-0.15, -0.1) is 0 Å². The highest BCUT2D eigenvalue weighted by Gasteiger charge is 2.09. The maximum Gasteiger partial charge on any atom is 0.319 e. The van der Waals surface area contributed by atoms with Crippen molar-refractivity contribution in [2.75, 3.05) is 5.32 Å². The van der Waals surface area contributed by atoms with Gasteiger partial charge in [-0.25, -0.2) is 4.79 Å². The quantitative estimate of drug-likeness (QED) is 0.860. The lowest BCUT2D eigenvalue weighted by molar-refractivity contribution is 0.249. The summed E-state index contributed by atoms with van der Waals surface area (Å²) >= 11 is 0. The summed E-state index contributed by atoms with van der Waals surface area (Å²) in [5.41, 5.74) is 3.19. The lowest BCUT2D eigenvalue weighted by atomic mass is 10.1. The number of carbonyl (C=O) groups excluding carboxylic acids is 1. The minimum atomic E-state index is -0.191. The van der Waals surface area contributed by atoms with Crippen molar-refractivity contribution in [3.63, 3.8) is 0 Å². The molecule has 0 aromatic heterocycles. The molecule has 3 heteroatoms. The highest BCUT2D eigenvalue weighted by atomic mass is 16.2. The molecule has 1 atom stereocenters. The van der Waals surface area contributed by atoms with E-state index in [-0.39, 0.29) is 12.1 Å². The molecule has 0 aliphatic carbocycles. The van der Waals surface area contributed by atoms with E-state index >= 15 is 0 Å². The Morgan fingerprint density at radius 2 is 1.70 bits per heavy atom. The third-order valence-corrected chi connectivity index (χ3v) is 3.27. The van der Waals surface area contributed by atoms with Crippen LogP contribution in [-0.4, -0.2) is 6.03 Å². The Morgan fingerprint density at radius 3 is 2.30 bits per heavy atom. The fourth-order valence-corrected chi connectivity index (χ4v) is 2.01. The van der Waals surface area contributed by atoms with Gasteiger partial charge in [0.15, 0.2) is 0 Å². The molecule has 0 spiro atoms. The first-order valence-electron chi connectivity index (χ1n) is 6.90. The van der Waals surface area contributed by atoms with Crippen LogP contribution in [0.2, 0.25) is 0 Å². The molecule has 0 fully saturated rings. The Balaban J connectivity index is 1.93. The minimum absolute atomic E-state index is 0.0235. The van der Waals surface area contributed by atoms with E-state index in [1.54, 1.807) is 0 Å². The first-order valence-corrected chi connectivity index (χ1v) is 6.90. The molecule has 2 aromatic carbocycles. The molecule has 0 heterocycles. The third kappa shape index (κ3) is 3.85. The Morgan fingerprint density at radius 1 is 1.05 bits per heavy atom. The second-order valence-corrected chi connectivity index (χ2v) is 4.78. The molecular formula is C17H20N2O. The summed E-state index contributed by atoms with van der Waals surface area (Å²) in [6.45, 7) is 4.11. The maximum absolute atomic E-state index is 11.9. The van der Waals surface area contributed by atoms with E-state index in [2.05, 4.69) is 41.8 Å². The average molecular weight is 268 g/mol. The minimum Gasteiger partial charge on any atom is -0.331 e. The van der Waals surface area contributed by atoms with Crippen LogP contribution in [0.4, 0.5) is 10.5 Å². The van der Waals surface area contributed by atoms with Gasteiger partial charge in [0.05, 0.1) is 6.04 Å². The predicted molar refractivity (Wildman–Crippen MR) is 82.8 cm³/mol. The van der Waals surface area contributed by atoms with E-state index in [1.165, 1.54) is 5.56 Å². The zero-order valence-electron chi connectivity index (χ0n) is 11.9. The fraction of sp³-hybridized carbons (Fsp3) is 0.235. The van der Waals surface area contributed by atoms with Crippen LogP contribution in [0.25, 0.3) is 0 Å². The molecule has 0 saturated carbocycles. The van der Waals surface area contributed by atoms with E-state index in [1.807, 2.05) is 37.3 Å². The molecule has 104 valence electrons. The van der Waals surface area contributed by atoms with Crippen molar-refractivity contribution < 1.29 is 4.79 Å². The molecule has 0 radical (unpaired) electrons. The zero-order chi connectivity index (χ0) is 14.4. The van der Waals surface area contributed by atoms with Crippen LogP contribution in [0.1, 0.15) is 31.0 Å². The number of anilines is 1. The van der Waals surface area contributed by atoms with Gasteiger partial charge < -0.3 is 10.6 Å². The summed E-state index contributed by atoms with van der Waals surface area (Å²) in [6.07, 6.45) is 1.02. The number of nitrogens with one attached hydrogen (secondary N) is 2. The Bertz CT molecular complexity index is 549. The maximum atomic E-state index is 11.9. The van der Waals surface area contributed by atoms with Gasteiger partial charge in [0.2, 0.25) is 0 Å². The van der Waals surface area contributed by atoms with Crippen LogP contribution in [0, 0.1) is 0 Å². The number of para-hydroxylation sites is 1. The molecule has 2 rings (SSSR count). The van der Waals surface area contributed by atoms with E-state index in [4.69, 9.17) is 0 Å². The molecular weight excluding hydrogens is 248 g/mol. The summed E-state index contributed by atoms with van der Waals surface area (Å²) in [5, 5.41) is 5.75. The van der Waals surface area contributed by atoms with Gasteiger partial charge in [-0.2, -0.15) is 0 Å². The van der Waals surface area contributed by atoms with Crippen molar-refractivity contribution in [2.45, 2.75) is 26.3 Å². The number of amides is 2. The molecule has 0 saturated heterocycles. The largest absolute Gasteiger partial charge is 0.331 e. The predicted octanol–water partition coefficient (Wildman–Crippen LogP) is 4.13. The standard InChI is InChI=1S/C17H20N2O/c1-3-14-9-11-15(12-10-14)13(2)18-17(20)19-16-7-5-4-6-8-16/h4-13H,3H2,1-2H3,(H2,18,19,20)/t13-/m1/s1. The van der Waals surface area contributed by atoms with Crippen LogP contribution in [0.5, 0.6) is 0 Å². The Labute approximate surface area is 120 Å². The van der Waals surface area contributed by atoms with Gasteiger partial charge in [-0.3, -0.25) is 0 Å². The van der Waals surface area contributed by atoms with Gasteiger partial charge in [0.1, 0.15) is 0 Å². The topological polar surface area (TPSA) is 41.1 Å². The van der Waals surface area contributed by atoms with Crippen molar-refractivity contribution in [3.05, 3.63) is 65.7 Å². The zero-order valence-corrected chi connectivity index (χ0v) is 11.9. The number of carbonyl (C=O) groups is 1. The number of hydrogen-bond donors (Lipinski definition) is 2. The Kier molecular flexibility index (Phi) is 4.77. The molecule has 2 aromatic rings. The first kappa shape index (κ1) is 14.1. The van der Waals surface area contributed by atoms with Crippen LogP contribution in [0.15, 0.2) is 54.6 Å². The molecule has 0 unspecified atom stereocenters. The van der Waals surface area contributed by atoms with Gasteiger partial charge >= 0.3 is 6.03 Å². The lowest BCUT2D eigenvalue weighted by Crippen LogP contribution is -2.31. The SMILES string of the molecule is CCc1ccc([C@@H](C)NC(=O)Nc2ccccc2)cc1. The first-order chi connectivity index (χ1) is 9.69. The van der Waals surface area contributed by atoms with Crippen LogP contribution < -0.4 is 10.6 Å². The summed E-state index contributed by atoms with van der Waals surface area (Å²) in [5.74, 6) is 0. The van der Waals surface area contributed by atoms with Crippen molar-refractivity contribution >= 4 is 11.7 Å². The number of urea groups is 1. The second-order valence-electron chi connectivity index (χ2n) is 4.78. The summed E-state index contributed by atoms with van der Waals surface area (Å²) in [4.78, 5) is 11.9. The summed E-state index contributed by atoms with van der Waals surface area (Å²) in [6, 6.07) is 17.5. The molecule has 3 nitrogen and oxygen atoms in total. The van der Waals surface area contributed by atoms with Crippen molar-refractivity contribution in [3.8, 4) is 0 Å². The van der Waals surface area contributed by atoms with E-state index in [0.717, 1.165) is 17.7 Å². The molecule has 2 amide bonds. The van der Waals surface area contributed by atoms with Crippen molar-refractivity contribution in [1.82, 2.24) is 5.32 Å². The van der Waals surface area contributed by atoms with E-state index < -0.39 is 0 Å². The van der Waals surface area contributed by atoms with E-state index in [0.29, 0.717) is 0 Å². The van der Waals surface area contributed by atoms with Crippen LogP contribution in [0.3, 0.4) is 0 Å². The fourth-order valence-electron chi connectivity index (χ4n) is 2.01. The number of hydrogen-bond acceptors (Lipinski definition) is 1. The highest BCUT2D eigenvalue weighted by molar-refractivity contribution is 5.89. The molecule has 2 N–H and O–H groups in total. The van der Waals surface area contributed by atoms with Crippen LogP contribution >= 0.6 is 0 Å². The van der Waals surface area contributed by atoms with Crippen molar-refractivity contribution in [1.29, 1.82) is 0 Å². The van der Waals surface area contributed by atoms with Crippen molar-refractivity contribution in [2.24, 2.45) is 0 Å². The monoisotopic (exact) mass is 268 g/mol. The normalized spacial score (nSPS) is 11.7. The second kappa shape index (κ2) is 6.75. The number of rotatable bonds is 4. The third-order valence-electron chi connectivity index (χ3n) is 3.27. The lowest BCUT2D eigenvalue weighted by Gasteiger charge is -2.15. The number of benzene rings is 2. The smallest absolute Gasteiger partial charge is 0.319 e. The molecule has 20 heavy (non-hydrogen) atoms. The van der Waals surface area contributed by atoms with Gasteiger partial charge in [0, 0.05) is 5.69 Å². The number of aryl methyl sites for hydroxylation is 1. The average Bonchev–Trinajstić information content (AvgIpc) is 2.48.